The Morgan fingerprint density at radius 1 is 0.935 bits per heavy atom. The molecule has 0 unspecified atom stereocenters. The first kappa shape index (κ1) is 21.5. The summed E-state index contributed by atoms with van der Waals surface area (Å²) in [5.41, 5.74) is 1.94. The normalized spacial score (nSPS) is 18.0. The van der Waals surface area contributed by atoms with E-state index in [2.05, 4.69) is 42.9 Å². The standard InChI is InChI=1S/C22H33N7O2/c1-16-19(17(2)31-25-16)5-6-22(30)29-13-11-28(12-14-29)21-15-20(23-18(3)24-21)27-9-7-26(4)8-10-27/h15H,5-14H2,1-4H3. The van der Waals surface area contributed by atoms with Gasteiger partial charge < -0.3 is 24.1 Å². The Hall–Kier alpha value is -2.68. The van der Waals surface area contributed by atoms with E-state index >= 15 is 0 Å². The number of carbonyl (C=O) groups is 1. The Kier molecular flexibility index (Phi) is 6.41. The molecule has 2 aliphatic heterocycles. The Labute approximate surface area is 184 Å². The summed E-state index contributed by atoms with van der Waals surface area (Å²) in [6.07, 6.45) is 1.17. The van der Waals surface area contributed by atoms with Gasteiger partial charge in [-0.3, -0.25) is 4.79 Å². The molecule has 0 spiro atoms. The number of nitrogens with zero attached hydrogens (tertiary/aromatic N) is 7. The highest BCUT2D eigenvalue weighted by atomic mass is 16.5. The van der Waals surface area contributed by atoms with Crippen LogP contribution in [0.5, 0.6) is 0 Å². The number of carbonyl (C=O) groups excluding carboxylic acids is 1. The van der Waals surface area contributed by atoms with Crippen molar-refractivity contribution in [3.8, 4) is 0 Å². The summed E-state index contributed by atoms with van der Waals surface area (Å²) in [6.45, 7) is 12.9. The van der Waals surface area contributed by atoms with Gasteiger partial charge in [-0.2, -0.15) is 0 Å². The maximum absolute atomic E-state index is 12.7. The molecule has 1 amide bonds. The minimum Gasteiger partial charge on any atom is -0.361 e. The van der Waals surface area contributed by atoms with Crippen LogP contribution in [0.1, 0.15) is 29.3 Å². The monoisotopic (exact) mass is 427 g/mol. The Bertz CT molecular complexity index is 893. The van der Waals surface area contributed by atoms with E-state index in [9.17, 15) is 4.79 Å². The van der Waals surface area contributed by atoms with Crippen molar-refractivity contribution >= 4 is 17.5 Å². The lowest BCUT2D eigenvalue weighted by molar-refractivity contribution is -0.131. The van der Waals surface area contributed by atoms with Gasteiger partial charge in [-0.1, -0.05) is 5.16 Å². The SMILES string of the molecule is Cc1nc(N2CCN(C)CC2)cc(N2CCN(C(=O)CCc3c(C)noc3C)CC2)n1. The molecule has 0 bridgehead atoms. The van der Waals surface area contributed by atoms with E-state index in [1.165, 1.54) is 0 Å². The zero-order valence-corrected chi connectivity index (χ0v) is 19.1. The molecular weight excluding hydrogens is 394 g/mol. The van der Waals surface area contributed by atoms with E-state index in [1.54, 1.807) is 0 Å². The number of anilines is 2. The Morgan fingerprint density at radius 2 is 1.52 bits per heavy atom. The van der Waals surface area contributed by atoms with Gasteiger partial charge in [-0.25, -0.2) is 9.97 Å². The lowest BCUT2D eigenvalue weighted by atomic mass is 10.1. The molecule has 0 aromatic carbocycles. The second-order valence-corrected chi connectivity index (χ2v) is 8.59. The van der Waals surface area contributed by atoms with Crippen LogP contribution < -0.4 is 9.80 Å². The van der Waals surface area contributed by atoms with E-state index in [0.717, 1.165) is 73.7 Å². The third-order valence-corrected chi connectivity index (χ3v) is 6.36. The summed E-state index contributed by atoms with van der Waals surface area (Å²) in [4.78, 5) is 31.0. The molecule has 0 saturated carbocycles. The number of aryl methyl sites for hydroxylation is 3. The van der Waals surface area contributed by atoms with Crippen molar-refractivity contribution in [1.82, 2.24) is 24.9 Å². The number of rotatable bonds is 5. The van der Waals surface area contributed by atoms with Crippen LogP contribution in [0.25, 0.3) is 0 Å². The number of hydrogen-bond donors (Lipinski definition) is 0. The van der Waals surface area contributed by atoms with Gasteiger partial charge >= 0.3 is 0 Å². The van der Waals surface area contributed by atoms with Crippen LogP contribution >= 0.6 is 0 Å². The fourth-order valence-electron chi connectivity index (χ4n) is 4.33. The molecule has 31 heavy (non-hydrogen) atoms. The van der Waals surface area contributed by atoms with E-state index in [-0.39, 0.29) is 5.91 Å². The quantitative estimate of drug-likeness (QED) is 0.709. The average molecular weight is 428 g/mol. The summed E-state index contributed by atoms with van der Waals surface area (Å²) < 4.78 is 5.20. The topological polar surface area (TPSA) is 81.8 Å². The van der Waals surface area contributed by atoms with Gasteiger partial charge in [0.25, 0.3) is 0 Å². The largest absolute Gasteiger partial charge is 0.361 e. The van der Waals surface area contributed by atoms with Gasteiger partial charge in [0.15, 0.2) is 0 Å². The molecule has 0 aliphatic carbocycles. The van der Waals surface area contributed by atoms with Crippen LogP contribution in [-0.4, -0.2) is 90.2 Å². The van der Waals surface area contributed by atoms with Crippen LogP contribution in [-0.2, 0) is 11.2 Å². The molecule has 9 nitrogen and oxygen atoms in total. The van der Waals surface area contributed by atoms with Crippen molar-refractivity contribution in [3.63, 3.8) is 0 Å². The molecule has 4 heterocycles. The minimum absolute atomic E-state index is 0.191. The number of piperazine rings is 2. The first-order valence-corrected chi connectivity index (χ1v) is 11.1. The first-order valence-electron chi connectivity index (χ1n) is 11.1. The molecule has 0 atom stereocenters. The van der Waals surface area contributed by atoms with Crippen molar-refractivity contribution in [2.45, 2.75) is 33.6 Å². The third kappa shape index (κ3) is 4.98. The fourth-order valence-corrected chi connectivity index (χ4v) is 4.33. The summed E-state index contributed by atoms with van der Waals surface area (Å²) >= 11 is 0. The van der Waals surface area contributed by atoms with Crippen molar-refractivity contribution in [2.24, 2.45) is 0 Å². The highest BCUT2D eigenvalue weighted by Gasteiger charge is 2.24. The van der Waals surface area contributed by atoms with E-state index < -0.39 is 0 Å². The summed E-state index contributed by atoms with van der Waals surface area (Å²) in [5, 5.41) is 3.98. The predicted molar refractivity (Wildman–Crippen MR) is 120 cm³/mol. The van der Waals surface area contributed by atoms with Gasteiger partial charge in [0.1, 0.15) is 23.2 Å². The van der Waals surface area contributed by atoms with Crippen molar-refractivity contribution in [3.05, 3.63) is 28.9 Å². The van der Waals surface area contributed by atoms with Gasteiger partial charge in [0.2, 0.25) is 5.91 Å². The summed E-state index contributed by atoms with van der Waals surface area (Å²) in [7, 11) is 2.16. The molecular formula is C22H33N7O2. The van der Waals surface area contributed by atoms with E-state index in [4.69, 9.17) is 4.52 Å². The molecule has 2 aliphatic rings. The van der Waals surface area contributed by atoms with Crippen molar-refractivity contribution < 1.29 is 9.32 Å². The molecule has 9 heteroatoms. The van der Waals surface area contributed by atoms with Gasteiger partial charge in [-0.15, -0.1) is 0 Å². The molecule has 2 aromatic rings. The first-order chi connectivity index (χ1) is 14.9. The third-order valence-electron chi connectivity index (χ3n) is 6.36. The summed E-state index contributed by atoms with van der Waals surface area (Å²) in [5.74, 6) is 3.77. The summed E-state index contributed by atoms with van der Waals surface area (Å²) in [6, 6.07) is 2.10. The van der Waals surface area contributed by atoms with Crippen LogP contribution in [0.4, 0.5) is 11.6 Å². The van der Waals surface area contributed by atoms with Crippen LogP contribution in [0, 0.1) is 20.8 Å². The molecule has 0 N–H and O–H groups in total. The Morgan fingerprint density at radius 3 is 2.06 bits per heavy atom. The predicted octanol–water partition coefficient (Wildman–Crippen LogP) is 1.42. The lowest BCUT2D eigenvalue weighted by Crippen LogP contribution is -2.49. The zero-order valence-electron chi connectivity index (χ0n) is 19.1. The fraction of sp³-hybridized carbons (Fsp3) is 0.636. The second-order valence-electron chi connectivity index (χ2n) is 8.59. The number of hydrogen-bond acceptors (Lipinski definition) is 8. The van der Waals surface area contributed by atoms with Crippen LogP contribution in [0.15, 0.2) is 10.6 Å². The molecule has 0 radical (unpaired) electrons. The maximum Gasteiger partial charge on any atom is 0.223 e. The van der Waals surface area contributed by atoms with Gasteiger partial charge in [0, 0.05) is 70.4 Å². The zero-order chi connectivity index (χ0) is 22.0. The smallest absolute Gasteiger partial charge is 0.223 e. The number of likely N-dealkylation sites (N-methyl/N-ethyl adjacent to an activating group) is 1. The van der Waals surface area contributed by atoms with Crippen molar-refractivity contribution in [1.29, 1.82) is 0 Å². The van der Waals surface area contributed by atoms with E-state index in [1.807, 2.05) is 25.7 Å². The maximum atomic E-state index is 12.7. The molecule has 168 valence electrons. The average Bonchev–Trinajstić information content (AvgIpc) is 3.09. The van der Waals surface area contributed by atoms with Crippen LogP contribution in [0.3, 0.4) is 0 Å². The minimum atomic E-state index is 0.191. The molecule has 2 aromatic heterocycles. The van der Waals surface area contributed by atoms with Crippen molar-refractivity contribution in [2.75, 3.05) is 69.2 Å². The highest BCUT2D eigenvalue weighted by Crippen LogP contribution is 2.22. The van der Waals surface area contributed by atoms with Gasteiger partial charge in [0.05, 0.1) is 5.69 Å². The number of amides is 1. The molecule has 2 saturated heterocycles. The molecule has 4 rings (SSSR count). The van der Waals surface area contributed by atoms with Crippen LogP contribution in [0.2, 0.25) is 0 Å². The lowest BCUT2D eigenvalue weighted by Gasteiger charge is -2.37. The second kappa shape index (κ2) is 9.21. The number of aromatic nitrogens is 3. The van der Waals surface area contributed by atoms with E-state index in [0.29, 0.717) is 25.9 Å². The highest BCUT2D eigenvalue weighted by molar-refractivity contribution is 5.77. The Balaban J connectivity index is 1.33. The molecule has 2 fully saturated rings. The van der Waals surface area contributed by atoms with Gasteiger partial charge in [-0.05, 0) is 34.2 Å².